The van der Waals surface area contributed by atoms with Crippen LogP contribution in [0.15, 0.2) is 45.9 Å². The summed E-state index contributed by atoms with van der Waals surface area (Å²) in [6.45, 7) is 0.561. The van der Waals surface area contributed by atoms with E-state index in [0.717, 1.165) is 19.3 Å². The lowest BCUT2D eigenvalue weighted by Gasteiger charge is -2.24. The molecule has 29 heavy (non-hydrogen) atoms. The molecule has 9 heteroatoms. The van der Waals surface area contributed by atoms with E-state index < -0.39 is 21.8 Å². The van der Waals surface area contributed by atoms with Crippen molar-refractivity contribution >= 4 is 27.5 Å². The number of benzene rings is 1. The number of piperidine rings is 1. The Kier molecular flexibility index (Phi) is 6.36. The van der Waals surface area contributed by atoms with Crippen molar-refractivity contribution in [3.63, 3.8) is 0 Å². The highest BCUT2D eigenvalue weighted by Gasteiger charge is 2.29. The lowest BCUT2D eigenvalue weighted by molar-refractivity contribution is -0.115. The Morgan fingerprint density at radius 1 is 1.14 bits per heavy atom. The van der Waals surface area contributed by atoms with Gasteiger partial charge in [0.25, 0.3) is 15.9 Å². The quantitative estimate of drug-likeness (QED) is 0.700. The number of hydrogen-bond donors (Lipinski definition) is 2. The van der Waals surface area contributed by atoms with Gasteiger partial charge in [0.2, 0.25) is 11.0 Å². The summed E-state index contributed by atoms with van der Waals surface area (Å²) in [7, 11) is -3.76. The van der Waals surface area contributed by atoms with E-state index >= 15 is 0 Å². The van der Waals surface area contributed by atoms with Gasteiger partial charge in [0.05, 0.1) is 6.54 Å². The van der Waals surface area contributed by atoms with Crippen LogP contribution in [0.1, 0.15) is 35.4 Å². The van der Waals surface area contributed by atoms with Gasteiger partial charge in [-0.2, -0.15) is 4.31 Å². The fourth-order valence-corrected chi connectivity index (χ4v) is 4.38. The van der Waals surface area contributed by atoms with E-state index in [1.165, 1.54) is 16.4 Å². The first-order valence-electron chi connectivity index (χ1n) is 9.15. The number of amides is 2. The van der Waals surface area contributed by atoms with Gasteiger partial charge in [-0.05, 0) is 43.2 Å². The lowest BCUT2D eigenvalue weighted by Crippen LogP contribution is -2.35. The number of terminal acetylenes is 1. The van der Waals surface area contributed by atoms with Gasteiger partial charge in [0.1, 0.15) is 0 Å². The Morgan fingerprint density at radius 2 is 1.90 bits per heavy atom. The highest BCUT2D eigenvalue weighted by molar-refractivity contribution is 7.89. The summed E-state index contributed by atoms with van der Waals surface area (Å²) in [5.74, 6) is 1.15. The molecule has 0 bridgehead atoms. The molecule has 0 spiro atoms. The summed E-state index contributed by atoms with van der Waals surface area (Å²) in [5, 5.41) is 4.73. The molecule has 0 saturated carbocycles. The largest absolute Gasteiger partial charge is 0.438 e. The predicted octanol–water partition coefficient (Wildman–Crippen LogP) is 1.80. The molecular weight excluding hydrogens is 394 g/mol. The van der Waals surface area contributed by atoms with Crippen molar-refractivity contribution < 1.29 is 22.4 Å². The molecule has 0 radical (unpaired) electrons. The van der Waals surface area contributed by atoms with Crippen LogP contribution in [0.3, 0.4) is 0 Å². The number of nitrogens with zero attached hydrogens (tertiary/aromatic N) is 1. The van der Waals surface area contributed by atoms with E-state index in [0.29, 0.717) is 24.3 Å². The molecule has 8 nitrogen and oxygen atoms in total. The standard InChI is InChI=1S/C20H21N3O5S/c1-2-15-7-6-8-16(13-15)22-18(24)14-21-20(25)17-9-10-19(28-17)29(26,27)23-11-4-3-5-12-23/h1,6-10,13H,3-5,11-12,14H2,(H,21,25)(H,22,24). The Labute approximate surface area is 169 Å². The van der Waals surface area contributed by atoms with Gasteiger partial charge in [0.15, 0.2) is 5.76 Å². The van der Waals surface area contributed by atoms with E-state index in [-0.39, 0.29) is 17.4 Å². The summed E-state index contributed by atoms with van der Waals surface area (Å²) in [4.78, 5) is 24.2. The lowest BCUT2D eigenvalue weighted by atomic mass is 10.2. The Bertz CT molecular complexity index is 1050. The second-order valence-corrected chi connectivity index (χ2v) is 8.41. The van der Waals surface area contributed by atoms with Crippen LogP contribution in [-0.4, -0.2) is 44.2 Å². The van der Waals surface area contributed by atoms with E-state index in [1.807, 2.05) is 0 Å². The van der Waals surface area contributed by atoms with Crippen LogP contribution in [0.4, 0.5) is 5.69 Å². The minimum absolute atomic E-state index is 0.178. The van der Waals surface area contributed by atoms with E-state index in [4.69, 9.17) is 10.8 Å². The predicted molar refractivity (Wildman–Crippen MR) is 107 cm³/mol. The van der Waals surface area contributed by atoms with Crippen molar-refractivity contribution in [1.82, 2.24) is 9.62 Å². The molecule has 2 N–H and O–H groups in total. The summed E-state index contributed by atoms with van der Waals surface area (Å²) >= 11 is 0. The second kappa shape index (κ2) is 8.94. The highest BCUT2D eigenvalue weighted by Crippen LogP contribution is 2.22. The molecule has 2 heterocycles. The number of hydrogen-bond acceptors (Lipinski definition) is 5. The summed E-state index contributed by atoms with van der Waals surface area (Å²) in [5.41, 5.74) is 1.12. The number of carbonyl (C=O) groups excluding carboxylic acids is 2. The molecule has 1 saturated heterocycles. The van der Waals surface area contributed by atoms with Gasteiger partial charge in [0, 0.05) is 24.3 Å². The number of sulfonamides is 1. The molecule has 1 aromatic carbocycles. The van der Waals surface area contributed by atoms with Gasteiger partial charge >= 0.3 is 0 Å². The number of furan rings is 1. The smallest absolute Gasteiger partial charge is 0.287 e. The van der Waals surface area contributed by atoms with Crippen molar-refractivity contribution in [2.24, 2.45) is 0 Å². The van der Waals surface area contributed by atoms with Crippen molar-refractivity contribution in [1.29, 1.82) is 0 Å². The summed E-state index contributed by atoms with van der Waals surface area (Å²) < 4.78 is 31.7. The molecule has 2 amide bonds. The molecule has 0 aliphatic carbocycles. The van der Waals surface area contributed by atoms with Crippen LogP contribution in [0.2, 0.25) is 0 Å². The van der Waals surface area contributed by atoms with Crippen LogP contribution >= 0.6 is 0 Å². The van der Waals surface area contributed by atoms with Crippen LogP contribution < -0.4 is 10.6 Å². The first-order valence-corrected chi connectivity index (χ1v) is 10.6. The highest BCUT2D eigenvalue weighted by atomic mass is 32.2. The minimum atomic E-state index is -3.76. The second-order valence-electron chi connectivity index (χ2n) is 6.54. The Morgan fingerprint density at radius 3 is 2.62 bits per heavy atom. The third-order valence-electron chi connectivity index (χ3n) is 4.44. The van der Waals surface area contributed by atoms with Crippen LogP contribution in [0.25, 0.3) is 0 Å². The average Bonchev–Trinajstić information content (AvgIpc) is 3.24. The van der Waals surface area contributed by atoms with Gasteiger partial charge < -0.3 is 15.1 Å². The minimum Gasteiger partial charge on any atom is -0.438 e. The molecule has 1 aliphatic heterocycles. The first kappa shape index (κ1) is 20.6. The fraction of sp³-hybridized carbons (Fsp3) is 0.300. The SMILES string of the molecule is C#Cc1cccc(NC(=O)CNC(=O)c2ccc(S(=O)(=O)N3CCCCC3)o2)c1. The summed E-state index contributed by atoms with van der Waals surface area (Å²) in [6.07, 6.45) is 7.91. The number of rotatable bonds is 6. The molecule has 0 atom stereocenters. The van der Waals surface area contributed by atoms with E-state index in [2.05, 4.69) is 16.6 Å². The summed E-state index contributed by atoms with van der Waals surface area (Å²) in [6, 6.07) is 9.26. The number of anilines is 1. The topological polar surface area (TPSA) is 109 Å². The van der Waals surface area contributed by atoms with Crippen LogP contribution in [0.5, 0.6) is 0 Å². The molecule has 1 aliphatic rings. The molecule has 152 valence electrons. The van der Waals surface area contributed by atoms with Gasteiger partial charge in [-0.15, -0.1) is 6.42 Å². The zero-order valence-corrected chi connectivity index (χ0v) is 16.5. The molecular formula is C20H21N3O5S. The van der Waals surface area contributed by atoms with E-state index in [9.17, 15) is 18.0 Å². The maximum atomic E-state index is 12.6. The zero-order valence-electron chi connectivity index (χ0n) is 15.7. The van der Waals surface area contributed by atoms with Crippen molar-refractivity contribution in [2.45, 2.75) is 24.4 Å². The molecule has 1 fully saturated rings. The molecule has 3 rings (SSSR count). The van der Waals surface area contributed by atoms with Gasteiger partial charge in [-0.3, -0.25) is 9.59 Å². The number of nitrogens with one attached hydrogen (secondary N) is 2. The van der Waals surface area contributed by atoms with Crippen LogP contribution in [0, 0.1) is 12.3 Å². The van der Waals surface area contributed by atoms with Crippen molar-refractivity contribution in [3.05, 3.63) is 47.7 Å². The monoisotopic (exact) mass is 415 g/mol. The Balaban J connectivity index is 1.57. The molecule has 0 unspecified atom stereocenters. The van der Waals surface area contributed by atoms with E-state index in [1.54, 1.807) is 24.3 Å². The third kappa shape index (κ3) is 5.04. The third-order valence-corrected chi connectivity index (χ3v) is 6.21. The Hall–Kier alpha value is -3.09. The molecule has 2 aromatic rings. The fourth-order valence-electron chi connectivity index (χ4n) is 2.95. The van der Waals surface area contributed by atoms with Crippen LogP contribution in [-0.2, 0) is 14.8 Å². The van der Waals surface area contributed by atoms with Gasteiger partial charge in [-0.25, -0.2) is 8.42 Å². The first-order chi connectivity index (χ1) is 13.9. The van der Waals surface area contributed by atoms with Crippen molar-refractivity contribution in [3.8, 4) is 12.3 Å². The average molecular weight is 415 g/mol. The maximum absolute atomic E-state index is 12.6. The molecule has 1 aromatic heterocycles. The normalized spacial score (nSPS) is 14.7. The van der Waals surface area contributed by atoms with Gasteiger partial charge in [-0.1, -0.05) is 18.4 Å². The number of carbonyl (C=O) groups is 2. The zero-order chi connectivity index (χ0) is 20.9. The maximum Gasteiger partial charge on any atom is 0.287 e. The van der Waals surface area contributed by atoms with Crippen molar-refractivity contribution in [2.75, 3.05) is 25.0 Å².